The van der Waals surface area contributed by atoms with Crippen molar-refractivity contribution in [2.75, 3.05) is 6.61 Å². The number of aryl methyl sites for hydroxylation is 1. The topological polar surface area (TPSA) is 246 Å². The lowest BCUT2D eigenvalue weighted by atomic mass is 9.63. The number of carbonyl (C=O) groups is 5. The first kappa shape index (κ1) is 30.2. The first-order valence-corrected chi connectivity index (χ1v) is 14.3. The average molecular weight is 655 g/mol. The number of hydrogen-bond acceptors (Lipinski definition) is 12. The third-order valence-electron chi connectivity index (χ3n) is 9.33. The normalized spacial score (nSPS) is 17.0. The van der Waals surface area contributed by atoms with Crippen LogP contribution in [0.4, 0.5) is 0 Å². The van der Waals surface area contributed by atoms with E-state index in [1.54, 1.807) is 6.92 Å². The molecule has 0 fully saturated rings. The Kier molecular flexibility index (Phi) is 6.16. The zero-order valence-electron chi connectivity index (χ0n) is 24.9. The van der Waals surface area contributed by atoms with Gasteiger partial charge in [0.05, 0.1) is 16.3 Å². The van der Waals surface area contributed by atoms with Gasteiger partial charge in [-0.15, -0.1) is 0 Å². The molecule has 0 saturated heterocycles. The molecule has 0 amide bonds. The fourth-order valence-corrected chi connectivity index (χ4v) is 7.20. The highest BCUT2D eigenvalue weighted by Gasteiger charge is 2.55. The maximum Gasteiger partial charge on any atom is 0.340 e. The molecule has 1 spiro atoms. The largest absolute Gasteiger partial charge is 0.504 e. The number of aromatic carboxylic acids is 2. The Bertz CT molecular complexity index is 2500. The predicted molar refractivity (Wildman–Crippen MR) is 164 cm³/mol. The molecule has 4 aromatic carbocycles. The molecule has 1 aromatic heterocycles. The number of ketones is 3. The van der Waals surface area contributed by atoms with E-state index in [0.717, 1.165) is 12.1 Å². The Morgan fingerprint density at radius 2 is 1.40 bits per heavy atom. The van der Waals surface area contributed by atoms with Gasteiger partial charge >= 0.3 is 11.9 Å². The van der Waals surface area contributed by atoms with Gasteiger partial charge in [0.2, 0.25) is 5.43 Å². The molecule has 0 radical (unpaired) electrons. The lowest BCUT2D eigenvalue weighted by Gasteiger charge is -2.40. The molecule has 1 atom stereocenters. The quantitative estimate of drug-likeness (QED) is 0.0524. The molecular weight excluding hydrogens is 632 g/mol. The van der Waals surface area contributed by atoms with Crippen molar-refractivity contribution in [2.24, 2.45) is 5.41 Å². The second kappa shape index (κ2) is 9.78. The fourth-order valence-electron chi connectivity index (χ4n) is 7.20. The van der Waals surface area contributed by atoms with Crippen LogP contribution < -0.4 is 10.2 Å². The summed E-state index contributed by atoms with van der Waals surface area (Å²) in [6, 6.07) is 4.38. The number of phenolic OH excluding ortho intramolecular Hbond substituents is 2. The highest BCUT2D eigenvalue weighted by molar-refractivity contribution is 6.30. The van der Waals surface area contributed by atoms with Crippen LogP contribution in [0.5, 0.6) is 28.7 Å². The predicted octanol–water partition coefficient (Wildman–Crippen LogP) is 4.22. The van der Waals surface area contributed by atoms with Gasteiger partial charge in [0.25, 0.3) is 0 Å². The number of hydrogen-bond donors (Lipinski definition) is 6. The first-order chi connectivity index (χ1) is 22.6. The van der Waals surface area contributed by atoms with Gasteiger partial charge in [0, 0.05) is 28.6 Å². The number of aromatic hydroxyl groups is 4. The second-order valence-electron chi connectivity index (χ2n) is 11.8. The van der Waals surface area contributed by atoms with Gasteiger partial charge in [-0.1, -0.05) is 6.07 Å². The van der Waals surface area contributed by atoms with E-state index in [-0.39, 0.29) is 51.5 Å². The van der Waals surface area contributed by atoms with Crippen molar-refractivity contribution >= 4 is 62.0 Å². The minimum atomic E-state index is -2.01. The molecule has 2 heterocycles. The first-order valence-electron chi connectivity index (χ1n) is 14.3. The molecular formula is C34H22O14. The molecule has 0 bridgehead atoms. The molecule has 242 valence electrons. The fraction of sp³-hybridized carbons (Fsp3) is 0.176. The van der Waals surface area contributed by atoms with Crippen molar-refractivity contribution in [1.29, 1.82) is 0 Å². The van der Waals surface area contributed by atoms with Crippen LogP contribution in [0.1, 0.15) is 76.3 Å². The molecule has 5 aromatic rings. The third kappa shape index (κ3) is 3.67. The molecule has 14 nitrogen and oxygen atoms in total. The SMILES string of the molecule is CC(=O)c1c2c(c3ccc4c(=O)c5c(C(=O)O)c(O)c(O)cc5oc4c3c1C)C(=O)C1(CC2)COc2cc(O)c(O)c(C(=O)O)c2C1=O. The van der Waals surface area contributed by atoms with Crippen molar-refractivity contribution < 1.29 is 63.8 Å². The maximum absolute atomic E-state index is 14.7. The van der Waals surface area contributed by atoms with Gasteiger partial charge in [0.15, 0.2) is 40.3 Å². The molecule has 0 saturated carbocycles. The third-order valence-corrected chi connectivity index (χ3v) is 9.33. The van der Waals surface area contributed by atoms with Gasteiger partial charge in [0.1, 0.15) is 40.1 Å². The number of carbonyl (C=O) groups excluding carboxylic acids is 3. The molecule has 48 heavy (non-hydrogen) atoms. The van der Waals surface area contributed by atoms with Gasteiger partial charge < -0.3 is 39.8 Å². The number of ether oxygens (including phenoxy) is 1. The van der Waals surface area contributed by atoms with Crippen molar-refractivity contribution in [3.63, 3.8) is 0 Å². The lowest BCUT2D eigenvalue weighted by Crippen LogP contribution is -2.50. The Morgan fingerprint density at radius 1 is 0.792 bits per heavy atom. The number of benzene rings is 4. The molecule has 14 heteroatoms. The smallest absolute Gasteiger partial charge is 0.340 e. The molecule has 1 unspecified atom stereocenters. The Balaban J connectivity index is 1.57. The molecule has 6 N–H and O–H groups in total. The van der Waals surface area contributed by atoms with Crippen LogP contribution in [0.2, 0.25) is 0 Å². The minimum absolute atomic E-state index is 0.0154. The number of rotatable bonds is 3. The highest BCUT2D eigenvalue weighted by atomic mass is 16.5. The van der Waals surface area contributed by atoms with E-state index in [4.69, 9.17) is 9.15 Å². The summed E-state index contributed by atoms with van der Waals surface area (Å²) in [5, 5.41) is 59.9. The monoisotopic (exact) mass is 654 g/mol. The zero-order chi connectivity index (χ0) is 34.7. The van der Waals surface area contributed by atoms with Crippen molar-refractivity contribution in [2.45, 2.75) is 26.7 Å². The second-order valence-corrected chi connectivity index (χ2v) is 11.8. The van der Waals surface area contributed by atoms with Crippen LogP contribution in [0.15, 0.2) is 33.5 Å². The lowest BCUT2D eigenvalue weighted by molar-refractivity contribution is 0.0467. The van der Waals surface area contributed by atoms with Gasteiger partial charge in [-0.2, -0.15) is 0 Å². The van der Waals surface area contributed by atoms with E-state index in [2.05, 4.69) is 0 Å². The highest BCUT2D eigenvalue weighted by Crippen LogP contribution is 2.51. The van der Waals surface area contributed by atoms with E-state index in [9.17, 15) is 59.4 Å². The minimum Gasteiger partial charge on any atom is -0.504 e. The van der Waals surface area contributed by atoms with Crippen molar-refractivity contribution in [3.05, 3.63) is 73.4 Å². The van der Waals surface area contributed by atoms with E-state index in [0.29, 0.717) is 11.1 Å². The van der Waals surface area contributed by atoms with Crippen LogP contribution in [0.25, 0.3) is 32.7 Å². The summed E-state index contributed by atoms with van der Waals surface area (Å²) in [6.07, 6.45) is -0.213. The summed E-state index contributed by atoms with van der Waals surface area (Å²) in [4.78, 5) is 79.9. The van der Waals surface area contributed by atoms with Crippen LogP contribution in [0, 0.1) is 12.3 Å². The van der Waals surface area contributed by atoms with E-state index in [1.165, 1.54) is 19.1 Å². The Morgan fingerprint density at radius 3 is 2.04 bits per heavy atom. The average Bonchev–Trinajstić information content (AvgIpc) is 3.01. The van der Waals surface area contributed by atoms with Crippen LogP contribution in [-0.2, 0) is 6.42 Å². The summed E-state index contributed by atoms with van der Waals surface area (Å²) in [7, 11) is 0. The molecule has 7 rings (SSSR count). The zero-order valence-corrected chi connectivity index (χ0v) is 24.9. The van der Waals surface area contributed by atoms with Gasteiger partial charge in [-0.05, 0) is 49.3 Å². The number of carboxylic acid groups (broad SMARTS) is 2. The summed E-state index contributed by atoms with van der Waals surface area (Å²) >= 11 is 0. The molecule has 2 aliphatic rings. The van der Waals surface area contributed by atoms with E-state index < -0.39 is 97.4 Å². The number of fused-ring (bicyclic) bond motifs is 7. The summed E-state index contributed by atoms with van der Waals surface area (Å²) in [5.41, 5.74) is -5.30. The number of carboxylic acids is 2. The van der Waals surface area contributed by atoms with Crippen molar-refractivity contribution in [3.8, 4) is 28.7 Å². The van der Waals surface area contributed by atoms with Crippen LogP contribution in [-0.4, -0.2) is 66.5 Å². The van der Waals surface area contributed by atoms with E-state index in [1.807, 2.05) is 0 Å². The summed E-state index contributed by atoms with van der Waals surface area (Å²) in [5.74, 6) is -9.92. The van der Waals surface area contributed by atoms with Gasteiger partial charge in [-0.3, -0.25) is 19.2 Å². The molecule has 1 aliphatic carbocycles. The Hall–Kier alpha value is -6.44. The van der Waals surface area contributed by atoms with Gasteiger partial charge in [-0.25, -0.2) is 9.59 Å². The van der Waals surface area contributed by atoms with Crippen molar-refractivity contribution in [1.82, 2.24) is 0 Å². The summed E-state index contributed by atoms with van der Waals surface area (Å²) in [6.45, 7) is 2.27. The van der Waals surface area contributed by atoms with E-state index >= 15 is 0 Å². The number of phenols is 4. The standard InChI is InChI=1S/C34H22O14/c1-10-19(11(2)35)13-5-6-34(9-47-17-7-15(36)28(40)25(33(45)46)23(17)31(34)42)30(41)21(13)12-3-4-14-26(38)22-18(48-29(14)20(10)12)8-16(37)27(39)24(22)32(43)44/h3-4,7-8,36-37,39-40H,5-6,9H2,1-2H3,(H,43,44)(H,45,46). The number of Topliss-reactive ketones (excluding diaryl/α,β-unsaturated/α-hetero) is 3. The van der Waals surface area contributed by atoms with Crippen LogP contribution in [0.3, 0.4) is 0 Å². The summed E-state index contributed by atoms with van der Waals surface area (Å²) < 4.78 is 11.7. The maximum atomic E-state index is 14.7. The van der Waals surface area contributed by atoms with Crippen LogP contribution >= 0.6 is 0 Å². The molecule has 1 aliphatic heterocycles. The Labute approximate surface area is 266 Å².